The molecule has 1 N–H and O–H groups in total. The number of rotatable bonds is 3. The standard InChI is InChI=1S/C8H17NO2/c1-9-5-2-8(3-6-9)4-7-11-10/h8,10H,2-7H2,1H3. The summed E-state index contributed by atoms with van der Waals surface area (Å²) >= 11 is 0. The quantitative estimate of drug-likeness (QED) is 0.496. The molecule has 11 heavy (non-hydrogen) atoms. The van der Waals surface area contributed by atoms with Gasteiger partial charge in [-0.2, -0.15) is 0 Å². The third-order valence-corrected chi connectivity index (χ3v) is 2.46. The van der Waals surface area contributed by atoms with Crippen molar-refractivity contribution in [2.75, 3.05) is 26.7 Å². The SMILES string of the molecule is CN1CCC(CCOO)CC1. The molecule has 0 unspecified atom stereocenters. The van der Waals surface area contributed by atoms with Crippen molar-refractivity contribution in [1.82, 2.24) is 4.90 Å². The molecule has 0 spiro atoms. The zero-order valence-electron chi connectivity index (χ0n) is 7.12. The highest BCUT2D eigenvalue weighted by Crippen LogP contribution is 2.18. The van der Waals surface area contributed by atoms with Crippen molar-refractivity contribution in [2.45, 2.75) is 19.3 Å². The Bertz CT molecular complexity index is 97.5. The van der Waals surface area contributed by atoms with Crippen LogP contribution < -0.4 is 0 Å². The molecule has 3 nitrogen and oxygen atoms in total. The number of piperidine rings is 1. The molecule has 0 aromatic carbocycles. The minimum Gasteiger partial charge on any atom is -0.306 e. The summed E-state index contributed by atoms with van der Waals surface area (Å²) in [6, 6.07) is 0. The molecule has 0 radical (unpaired) electrons. The Kier molecular flexibility index (Phi) is 3.83. The van der Waals surface area contributed by atoms with Gasteiger partial charge in [0, 0.05) is 0 Å². The van der Waals surface area contributed by atoms with E-state index in [0.717, 1.165) is 12.3 Å². The molecule has 66 valence electrons. The van der Waals surface area contributed by atoms with Crippen LogP contribution in [0, 0.1) is 5.92 Å². The van der Waals surface area contributed by atoms with E-state index in [1.807, 2.05) is 0 Å². The van der Waals surface area contributed by atoms with Gasteiger partial charge in [0.15, 0.2) is 0 Å². The van der Waals surface area contributed by atoms with Crippen LogP contribution in [-0.4, -0.2) is 36.9 Å². The maximum absolute atomic E-state index is 8.14. The lowest BCUT2D eigenvalue weighted by atomic mass is 9.94. The Morgan fingerprint density at radius 3 is 2.64 bits per heavy atom. The largest absolute Gasteiger partial charge is 0.306 e. The van der Waals surface area contributed by atoms with Gasteiger partial charge in [-0.15, -0.1) is 0 Å². The van der Waals surface area contributed by atoms with Gasteiger partial charge >= 0.3 is 0 Å². The Morgan fingerprint density at radius 1 is 1.45 bits per heavy atom. The van der Waals surface area contributed by atoms with Crippen LogP contribution >= 0.6 is 0 Å². The molecule has 0 aromatic heterocycles. The van der Waals surface area contributed by atoms with Crippen molar-refractivity contribution in [3.63, 3.8) is 0 Å². The lowest BCUT2D eigenvalue weighted by molar-refractivity contribution is -0.244. The Hall–Kier alpha value is -0.120. The van der Waals surface area contributed by atoms with Crippen molar-refractivity contribution in [2.24, 2.45) is 5.92 Å². The molecule has 3 heteroatoms. The molecular weight excluding hydrogens is 142 g/mol. The molecule has 1 aliphatic heterocycles. The third kappa shape index (κ3) is 3.18. The second kappa shape index (κ2) is 4.70. The van der Waals surface area contributed by atoms with Crippen molar-refractivity contribution in [3.05, 3.63) is 0 Å². The van der Waals surface area contributed by atoms with Gasteiger partial charge in [-0.05, 0) is 45.3 Å². The maximum Gasteiger partial charge on any atom is 0.0822 e. The second-order valence-corrected chi connectivity index (χ2v) is 3.37. The summed E-state index contributed by atoms with van der Waals surface area (Å²) in [5.41, 5.74) is 0. The minimum absolute atomic E-state index is 0.494. The first-order valence-electron chi connectivity index (χ1n) is 4.28. The average Bonchev–Trinajstić information content (AvgIpc) is 2.04. The van der Waals surface area contributed by atoms with Gasteiger partial charge in [0.2, 0.25) is 0 Å². The van der Waals surface area contributed by atoms with Gasteiger partial charge in [-0.25, -0.2) is 4.89 Å². The van der Waals surface area contributed by atoms with Gasteiger partial charge in [0.05, 0.1) is 6.61 Å². The summed E-state index contributed by atoms with van der Waals surface area (Å²) in [7, 11) is 2.15. The maximum atomic E-state index is 8.14. The predicted octanol–water partition coefficient (Wildman–Crippen LogP) is 1.21. The van der Waals surface area contributed by atoms with E-state index in [-0.39, 0.29) is 0 Å². The Morgan fingerprint density at radius 2 is 2.09 bits per heavy atom. The first-order chi connectivity index (χ1) is 5.33. The van der Waals surface area contributed by atoms with Crippen LogP contribution in [0.2, 0.25) is 0 Å². The van der Waals surface area contributed by atoms with E-state index in [0.29, 0.717) is 6.61 Å². The predicted molar refractivity (Wildman–Crippen MR) is 43.4 cm³/mol. The van der Waals surface area contributed by atoms with Crippen LogP contribution in [0.3, 0.4) is 0 Å². The zero-order valence-corrected chi connectivity index (χ0v) is 7.12. The highest BCUT2D eigenvalue weighted by atomic mass is 17.1. The molecule has 1 rings (SSSR count). The van der Waals surface area contributed by atoms with Crippen LogP contribution in [0.5, 0.6) is 0 Å². The molecule has 0 aliphatic carbocycles. The fraction of sp³-hybridized carbons (Fsp3) is 1.00. The molecule has 0 saturated carbocycles. The molecule has 1 fully saturated rings. The number of nitrogens with zero attached hydrogens (tertiary/aromatic N) is 1. The molecule has 1 aliphatic rings. The monoisotopic (exact) mass is 159 g/mol. The highest BCUT2D eigenvalue weighted by Gasteiger charge is 2.15. The summed E-state index contributed by atoms with van der Waals surface area (Å²) in [5, 5.41) is 8.14. The van der Waals surface area contributed by atoms with Crippen LogP contribution in [0.4, 0.5) is 0 Å². The van der Waals surface area contributed by atoms with Gasteiger partial charge in [-0.3, -0.25) is 5.26 Å². The van der Waals surface area contributed by atoms with Crippen LogP contribution in [0.25, 0.3) is 0 Å². The molecule has 1 heterocycles. The summed E-state index contributed by atoms with van der Waals surface area (Å²) in [4.78, 5) is 6.40. The Balaban J connectivity index is 2.07. The third-order valence-electron chi connectivity index (χ3n) is 2.46. The number of likely N-dealkylation sites (tertiary alicyclic amines) is 1. The highest BCUT2D eigenvalue weighted by molar-refractivity contribution is 4.69. The minimum atomic E-state index is 0.494. The van der Waals surface area contributed by atoms with E-state index in [2.05, 4.69) is 16.8 Å². The molecule has 0 aromatic rings. The smallest absolute Gasteiger partial charge is 0.0822 e. The first kappa shape index (κ1) is 8.97. The summed E-state index contributed by atoms with van der Waals surface area (Å²) in [5.74, 6) is 0.762. The fourth-order valence-corrected chi connectivity index (χ4v) is 1.57. The van der Waals surface area contributed by atoms with E-state index in [1.54, 1.807) is 0 Å². The van der Waals surface area contributed by atoms with Gasteiger partial charge < -0.3 is 4.90 Å². The summed E-state index contributed by atoms with van der Waals surface area (Å²) in [6.45, 7) is 2.88. The van der Waals surface area contributed by atoms with Crippen LogP contribution in [0.15, 0.2) is 0 Å². The van der Waals surface area contributed by atoms with E-state index in [9.17, 15) is 0 Å². The topological polar surface area (TPSA) is 32.7 Å². The van der Waals surface area contributed by atoms with Crippen molar-refractivity contribution < 1.29 is 10.1 Å². The second-order valence-electron chi connectivity index (χ2n) is 3.37. The summed E-state index contributed by atoms with van der Waals surface area (Å²) < 4.78 is 0. The fourth-order valence-electron chi connectivity index (χ4n) is 1.57. The first-order valence-corrected chi connectivity index (χ1v) is 4.28. The molecule has 0 bridgehead atoms. The van der Waals surface area contributed by atoms with Gasteiger partial charge in [-0.1, -0.05) is 0 Å². The van der Waals surface area contributed by atoms with E-state index in [1.165, 1.54) is 25.9 Å². The normalized spacial score (nSPS) is 22.4. The van der Waals surface area contributed by atoms with Crippen LogP contribution in [-0.2, 0) is 4.89 Å². The molecule has 0 amide bonds. The molecule has 1 saturated heterocycles. The van der Waals surface area contributed by atoms with Gasteiger partial charge in [0.25, 0.3) is 0 Å². The zero-order chi connectivity index (χ0) is 8.10. The van der Waals surface area contributed by atoms with E-state index < -0.39 is 0 Å². The van der Waals surface area contributed by atoms with Crippen molar-refractivity contribution in [3.8, 4) is 0 Å². The van der Waals surface area contributed by atoms with Crippen molar-refractivity contribution in [1.29, 1.82) is 0 Å². The number of hydrogen-bond acceptors (Lipinski definition) is 3. The summed E-state index contributed by atoms with van der Waals surface area (Å²) in [6.07, 6.45) is 3.50. The van der Waals surface area contributed by atoms with E-state index >= 15 is 0 Å². The van der Waals surface area contributed by atoms with Gasteiger partial charge in [0.1, 0.15) is 0 Å². The lowest BCUT2D eigenvalue weighted by Gasteiger charge is -2.28. The van der Waals surface area contributed by atoms with Crippen LogP contribution in [0.1, 0.15) is 19.3 Å². The lowest BCUT2D eigenvalue weighted by Crippen LogP contribution is -2.30. The molecular formula is C8H17NO2. The van der Waals surface area contributed by atoms with E-state index in [4.69, 9.17) is 5.26 Å². The van der Waals surface area contributed by atoms with Crippen molar-refractivity contribution >= 4 is 0 Å². The molecule has 0 atom stereocenters. The average molecular weight is 159 g/mol. The number of hydrogen-bond donors (Lipinski definition) is 1. The Labute approximate surface area is 67.9 Å².